The number of carbonyl (C=O) groups excluding carboxylic acids is 3. The van der Waals surface area contributed by atoms with Crippen molar-refractivity contribution in [2.75, 3.05) is 66.6 Å². The van der Waals surface area contributed by atoms with Crippen LogP contribution < -0.4 is 20.1 Å². The van der Waals surface area contributed by atoms with Gasteiger partial charge in [0.2, 0.25) is 0 Å². The Hall–Kier alpha value is -3.47. The molecule has 1 saturated heterocycles. The van der Waals surface area contributed by atoms with Gasteiger partial charge in [-0.25, -0.2) is 14.4 Å². The lowest BCUT2D eigenvalue weighted by atomic mass is 9.93. The topological polar surface area (TPSA) is 113 Å². The number of nitrogens with zero attached hydrogens (tertiary/aromatic N) is 3. The van der Waals surface area contributed by atoms with Gasteiger partial charge in [0.1, 0.15) is 11.5 Å². The van der Waals surface area contributed by atoms with E-state index in [9.17, 15) is 14.4 Å². The maximum atomic E-state index is 13.4. The van der Waals surface area contributed by atoms with Gasteiger partial charge in [-0.1, -0.05) is 6.92 Å². The van der Waals surface area contributed by atoms with Crippen molar-refractivity contribution in [1.29, 1.82) is 0 Å². The highest BCUT2D eigenvalue weighted by Gasteiger charge is 2.39. The molecule has 1 fully saturated rings. The summed E-state index contributed by atoms with van der Waals surface area (Å²) in [6.07, 6.45) is 1.67. The van der Waals surface area contributed by atoms with Crippen LogP contribution in [0.1, 0.15) is 45.2 Å². The number of hydrogen-bond acceptors (Lipinski definition) is 7. The van der Waals surface area contributed by atoms with E-state index in [1.807, 2.05) is 18.7 Å². The second kappa shape index (κ2) is 13.9. The van der Waals surface area contributed by atoms with E-state index in [2.05, 4.69) is 15.5 Å². The number of carbonyl (C=O) groups is 3. The van der Waals surface area contributed by atoms with E-state index in [1.54, 1.807) is 37.1 Å². The molecule has 3 rings (SSSR count). The van der Waals surface area contributed by atoms with Gasteiger partial charge in [-0.15, -0.1) is 0 Å². The first kappa shape index (κ1) is 29.1. The summed E-state index contributed by atoms with van der Waals surface area (Å²) in [5, 5.41) is 5.93. The minimum absolute atomic E-state index is 0.0565. The lowest BCUT2D eigenvalue weighted by Crippen LogP contribution is -2.51. The van der Waals surface area contributed by atoms with Crippen LogP contribution in [-0.2, 0) is 9.53 Å². The Bertz CT molecular complexity index is 1030. The molecule has 210 valence electrons. The van der Waals surface area contributed by atoms with E-state index < -0.39 is 12.0 Å². The summed E-state index contributed by atoms with van der Waals surface area (Å²) in [6, 6.07) is 4.17. The molecule has 0 aliphatic carbocycles. The Kier molecular flexibility index (Phi) is 10.6. The van der Waals surface area contributed by atoms with E-state index >= 15 is 0 Å². The molecule has 2 N–H and O–H groups in total. The molecule has 1 atom stereocenters. The molecule has 2 aliphatic heterocycles. The number of esters is 1. The van der Waals surface area contributed by atoms with Crippen LogP contribution in [0.2, 0.25) is 0 Å². The summed E-state index contributed by atoms with van der Waals surface area (Å²) in [6.45, 7) is 9.82. The van der Waals surface area contributed by atoms with Crippen molar-refractivity contribution >= 4 is 18.0 Å². The first-order valence-corrected chi connectivity index (χ1v) is 13.3. The molecule has 4 amide bonds. The van der Waals surface area contributed by atoms with Gasteiger partial charge in [0.25, 0.3) is 0 Å². The Morgan fingerprint density at radius 1 is 1.08 bits per heavy atom. The Morgan fingerprint density at radius 2 is 1.87 bits per heavy atom. The van der Waals surface area contributed by atoms with E-state index in [0.717, 1.165) is 19.4 Å². The lowest BCUT2D eigenvalue weighted by molar-refractivity contribution is -0.139. The average molecular weight is 532 g/mol. The molecule has 1 aromatic carbocycles. The van der Waals surface area contributed by atoms with E-state index in [0.29, 0.717) is 67.6 Å². The molecule has 11 heteroatoms. The maximum absolute atomic E-state index is 13.4. The van der Waals surface area contributed by atoms with E-state index in [-0.39, 0.29) is 18.7 Å². The zero-order valence-electron chi connectivity index (χ0n) is 23.2. The van der Waals surface area contributed by atoms with Crippen LogP contribution >= 0.6 is 0 Å². The Morgan fingerprint density at radius 3 is 2.53 bits per heavy atom. The standard InChI is InChI=1S/C27H41N5O6/c1-6-12-28-26(34)31-14-9-13-30(15-16-31)18-21-23(25(33)38-8-3)24(29-27(35)32(21)7-2)20-11-10-19(36-4)17-22(20)37-5/h10-11,17,24H,6-9,12-16,18H2,1-5H3,(H,28,34)(H,29,35)/t24-/m1/s1. The Labute approximate surface area is 225 Å². The number of ether oxygens (including phenoxy) is 3. The lowest BCUT2D eigenvalue weighted by Gasteiger charge is -2.38. The number of urea groups is 2. The summed E-state index contributed by atoms with van der Waals surface area (Å²) in [4.78, 5) is 44.8. The molecule has 1 aromatic rings. The molecule has 0 bridgehead atoms. The molecule has 0 spiro atoms. The third-order valence-corrected chi connectivity index (χ3v) is 6.78. The largest absolute Gasteiger partial charge is 0.497 e. The predicted octanol–water partition coefficient (Wildman–Crippen LogP) is 2.73. The number of rotatable bonds is 10. The van der Waals surface area contributed by atoms with Crippen molar-refractivity contribution in [3.05, 3.63) is 35.0 Å². The second-order valence-electron chi connectivity index (χ2n) is 9.16. The Balaban J connectivity index is 1.99. The first-order valence-electron chi connectivity index (χ1n) is 13.3. The summed E-state index contributed by atoms with van der Waals surface area (Å²) < 4.78 is 16.4. The SMILES string of the molecule is CCCNC(=O)N1CCCN(CC2=C(C(=O)OCC)[C@@H](c3ccc(OC)cc3OC)NC(=O)N2CC)CC1. The van der Waals surface area contributed by atoms with Crippen LogP contribution in [0.25, 0.3) is 0 Å². The molecule has 0 saturated carbocycles. The predicted molar refractivity (Wildman–Crippen MR) is 143 cm³/mol. The van der Waals surface area contributed by atoms with Crippen molar-refractivity contribution in [2.45, 2.75) is 39.7 Å². The summed E-state index contributed by atoms with van der Waals surface area (Å²) in [7, 11) is 3.10. The summed E-state index contributed by atoms with van der Waals surface area (Å²) in [5.41, 5.74) is 1.60. The van der Waals surface area contributed by atoms with Crippen molar-refractivity contribution in [3.63, 3.8) is 0 Å². The normalized spacial score (nSPS) is 18.6. The third-order valence-electron chi connectivity index (χ3n) is 6.78. The number of hydrogen-bond donors (Lipinski definition) is 2. The van der Waals surface area contributed by atoms with Gasteiger partial charge in [-0.05, 0) is 38.8 Å². The zero-order chi connectivity index (χ0) is 27.7. The molecular weight excluding hydrogens is 490 g/mol. The van der Waals surface area contributed by atoms with Gasteiger partial charge in [-0.3, -0.25) is 9.80 Å². The summed E-state index contributed by atoms with van der Waals surface area (Å²) >= 11 is 0. The van der Waals surface area contributed by atoms with Crippen molar-refractivity contribution in [3.8, 4) is 11.5 Å². The zero-order valence-corrected chi connectivity index (χ0v) is 23.2. The van der Waals surface area contributed by atoms with Gasteiger partial charge in [-0.2, -0.15) is 0 Å². The highest BCUT2D eigenvalue weighted by atomic mass is 16.5. The minimum atomic E-state index is -0.761. The molecule has 0 unspecified atom stereocenters. The first-order chi connectivity index (χ1) is 18.4. The average Bonchev–Trinajstić information content (AvgIpc) is 3.16. The van der Waals surface area contributed by atoms with Crippen molar-refractivity contribution in [2.24, 2.45) is 0 Å². The fraction of sp³-hybridized carbons (Fsp3) is 0.593. The molecule has 11 nitrogen and oxygen atoms in total. The van der Waals surface area contributed by atoms with Crippen LogP contribution in [0.5, 0.6) is 11.5 Å². The van der Waals surface area contributed by atoms with E-state index in [4.69, 9.17) is 14.2 Å². The fourth-order valence-corrected chi connectivity index (χ4v) is 4.84. The monoisotopic (exact) mass is 531 g/mol. The highest BCUT2D eigenvalue weighted by Crippen LogP contribution is 2.38. The van der Waals surface area contributed by atoms with Crippen molar-refractivity contribution < 1.29 is 28.6 Å². The van der Waals surface area contributed by atoms with Gasteiger partial charge in [0.15, 0.2) is 0 Å². The number of amides is 4. The van der Waals surface area contributed by atoms with Gasteiger partial charge in [0.05, 0.1) is 32.4 Å². The molecule has 0 aromatic heterocycles. The van der Waals surface area contributed by atoms with E-state index in [1.165, 1.54) is 7.11 Å². The van der Waals surface area contributed by atoms with Crippen LogP contribution in [-0.4, -0.2) is 99.4 Å². The molecule has 2 aliphatic rings. The highest BCUT2D eigenvalue weighted by molar-refractivity contribution is 5.95. The van der Waals surface area contributed by atoms with Crippen molar-refractivity contribution in [1.82, 2.24) is 25.3 Å². The molecule has 2 heterocycles. The number of benzene rings is 1. The second-order valence-corrected chi connectivity index (χ2v) is 9.16. The molecule has 0 radical (unpaired) electrons. The third kappa shape index (κ3) is 6.69. The van der Waals surface area contributed by atoms with Gasteiger partial charge in [0, 0.05) is 63.1 Å². The quantitative estimate of drug-likeness (QED) is 0.447. The van der Waals surface area contributed by atoms with Crippen LogP contribution in [0.3, 0.4) is 0 Å². The summed E-state index contributed by atoms with van der Waals surface area (Å²) in [5.74, 6) is 0.602. The fourth-order valence-electron chi connectivity index (χ4n) is 4.84. The van der Waals surface area contributed by atoms with Crippen LogP contribution in [0, 0.1) is 0 Å². The molecular formula is C27H41N5O6. The number of likely N-dealkylation sites (N-methyl/N-ethyl adjacent to an activating group) is 1. The number of methoxy groups -OCH3 is 2. The number of nitrogens with one attached hydrogen (secondary N) is 2. The van der Waals surface area contributed by atoms with Crippen LogP contribution in [0.4, 0.5) is 9.59 Å². The van der Waals surface area contributed by atoms with Gasteiger partial charge < -0.3 is 29.7 Å². The molecule has 38 heavy (non-hydrogen) atoms. The minimum Gasteiger partial charge on any atom is -0.497 e. The maximum Gasteiger partial charge on any atom is 0.338 e. The smallest absolute Gasteiger partial charge is 0.338 e. The van der Waals surface area contributed by atoms with Gasteiger partial charge >= 0.3 is 18.0 Å². The van der Waals surface area contributed by atoms with Crippen LogP contribution in [0.15, 0.2) is 29.5 Å².